The summed E-state index contributed by atoms with van der Waals surface area (Å²) in [5.41, 5.74) is 0.297. The number of nitrogens with zero attached hydrogens (tertiary/aromatic N) is 7. The van der Waals surface area contributed by atoms with Crippen LogP contribution in [0, 0.1) is 12.4 Å². The molecule has 3 atom stereocenters. The molecule has 0 saturated carbocycles. The molecule has 1 fully saturated rings. The third-order valence-electron chi connectivity index (χ3n) is 7.52. The highest BCUT2D eigenvalue weighted by Crippen LogP contribution is 2.37. The minimum absolute atomic E-state index is 0.171. The van der Waals surface area contributed by atoms with Gasteiger partial charge in [-0.25, -0.2) is 14.2 Å². The fraction of sp³-hybridized carbons (Fsp3) is 0.345. The molecule has 3 aromatic heterocycles. The molecule has 4 heterocycles. The van der Waals surface area contributed by atoms with E-state index in [1.807, 2.05) is 18.7 Å². The predicted molar refractivity (Wildman–Crippen MR) is 146 cm³/mol. The Labute approximate surface area is 233 Å². The van der Waals surface area contributed by atoms with E-state index in [2.05, 4.69) is 24.7 Å². The Morgan fingerprint density at radius 1 is 1.05 bits per heavy atom. The van der Waals surface area contributed by atoms with E-state index in [4.69, 9.17) is 6.57 Å². The first-order valence-corrected chi connectivity index (χ1v) is 13.1. The molecule has 0 aliphatic carbocycles. The highest BCUT2D eigenvalue weighted by Gasteiger charge is 2.40. The van der Waals surface area contributed by atoms with Gasteiger partial charge < -0.3 is 9.74 Å². The molecule has 8 nitrogen and oxygen atoms in total. The van der Waals surface area contributed by atoms with Gasteiger partial charge in [-0.1, -0.05) is 31.7 Å². The van der Waals surface area contributed by atoms with Crippen molar-refractivity contribution in [2.24, 2.45) is 7.05 Å². The Kier molecular flexibility index (Phi) is 7.48. The Morgan fingerprint density at radius 3 is 2.44 bits per heavy atom. The monoisotopic (exact) mass is 565 g/mol. The van der Waals surface area contributed by atoms with Gasteiger partial charge >= 0.3 is 11.9 Å². The fourth-order valence-corrected chi connectivity index (χ4v) is 5.44. The van der Waals surface area contributed by atoms with Gasteiger partial charge in [-0.15, -0.1) is 4.98 Å². The van der Waals surface area contributed by atoms with Crippen LogP contribution in [0.4, 0.5) is 29.2 Å². The molecule has 0 N–H and O–H groups in total. The van der Waals surface area contributed by atoms with E-state index in [1.165, 1.54) is 22.8 Å². The number of pyridine rings is 2. The average Bonchev–Trinajstić information content (AvgIpc) is 2.96. The Morgan fingerprint density at radius 2 is 1.78 bits per heavy atom. The van der Waals surface area contributed by atoms with E-state index in [0.717, 1.165) is 6.07 Å². The summed E-state index contributed by atoms with van der Waals surface area (Å²) in [7, 11) is 1.59. The second kappa shape index (κ2) is 10.9. The zero-order valence-corrected chi connectivity index (χ0v) is 22.6. The number of aryl methyl sites for hydroxylation is 1. The van der Waals surface area contributed by atoms with E-state index < -0.39 is 29.4 Å². The van der Waals surface area contributed by atoms with Gasteiger partial charge in [0.25, 0.3) is 5.82 Å². The van der Waals surface area contributed by atoms with Crippen LogP contribution in [-0.4, -0.2) is 49.6 Å². The molecule has 1 aliphatic rings. The number of fused-ring (bicyclic) bond motifs is 1. The van der Waals surface area contributed by atoms with Crippen molar-refractivity contribution in [1.29, 1.82) is 0 Å². The van der Waals surface area contributed by atoms with Gasteiger partial charge in [0, 0.05) is 32.2 Å². The third kappa shape index (κ3) is 5.37. The van der Waals surface area contributed by atoms with Crippen LogP contribution in [0.15, 0.2) is 59.4 Å². The van der Waals surface area contributed by atoms with Crippen molar-refractivity contribution in [2.75, 3.05) is 18.0 Å². The molecule has 0 spiro atoms. The van der Waals surface area contributed by atoms with Crippen LogP contribution < -0.4 is 10.6 Å². The largest absolute Gasteiger partial charge is 0.433 e. The third-order valence-corrected chi connectivity index (χ3v) is 7.52. The maximum atomic E-state index is 13.9. The molecular weight excluding hydrogens is 538 g/mol. The number of halogens is 4. The van der Waals surface area contributed by atoms with Crippen molar-refractivity contribution < 1.29 is 17.6 Å². The average molecular weight is 566 g/mol. The summed E-state index contributed by atoms with van der Waals surface area (Å²) >= 11 is 0. The lowest BCUT2D eigenvalue weighted by Gasteiger charge is -2.48. The van der Waals surface area contributed by atoms with Crippen molar-refractivity contribution in [1.82, 2.24) is 24.4 Å². The van der Waals surface area contributed by atoms with E-state index in [-0.39, 0.29) is 23.6 Å². The number of hydrogen-bond acceptors (Lipinski definition) is 6. The number of piperazine rings is 1. The summed E-state index contributed by atoms with van der Waals surface area (Å²) in [4.78, 5) is 33.1. The fourth-order valence-electron chi connectivity index (χ4n) is 5.44. The molecule has 12 heteroatoms. The van der Waals surface area contributed by atoms with Gasteiger partial charge in [0.15, 0.2) is 5.82 Å². The quantitative estimate of drug-likeness (QED) is 0.235. The molecule has 1 saturated heterocycles. The molecule has 0 radical (unpaired) electrons. The number of anilines is 1. The summed E-state index contributed by atoms with van der Waals surface area (Å²) in [5, 5.41) is 0. The van der Waals surface area contributed by atoms with E-state index in [0.29, 0.717) is 41.9 Å². The minimum atomic E-state index is -4.62. The van der Waals surface area contributed by atoms with Gasteiger partial charge in [-0.2, -0.15) is 18.2 Å². The van der Waals surface area contributed by atoms with Crippen LogP contribution in [0.25, 0.3) is 15.9 Å². The van der Waals surface area contributed by atoms with Crippen molar-refractivity contribution in [3.05, 3.63) is 99.3 Å². The maximum absolute atomic E-state index is 13.9. The smallest absolute Gasteiger partial charge is 0.361 e. The van der Waals surface area contributed by atoms with Gasteiger partial charge in [0.2, 0.25) is 5.52 Å². The molecule has 212 valence electrons. The number of benzene rings is 1. The second-order valence-electron chi connectivity index (χ2n) is 10.1. The highest BCUT2D eigenvalue weighted by molar-refractivity contribution is 5.87. The van der Waals surface area contributed by atoms with Crippen molar-refractivity contribution >= 4 is 22.7 Å². The van der Waals surface area contributed by atoms with Crippen LogP contribution in [-0.2, 0) is 13.2 Å². The number of hydrogen-bond donors (Lipinski definition) is 0. The van der Waals surface area contributed by atoms with Crippen LogP contribution >= 0.6 is 0 Å². The van der Waals surface area contributed by atoms with Gasteiger partial charge in [-0.3, -0.25) is 9.47 Å². The molecule has 1 unspecified atom stereocenters. The van der Waals surface area contributed by atoms with Crippen molar-refractivity contribution in [2.45, 2.75) is 44.6 Å². The summed E-state index contributed by atoms with van der Waals surface area (Å²) in [6.45, 7) is 12.1. The second-order valence-corrected chi connectivity index (χ2v) is 10.1. The zero-order valence-electron chi connectivity index (χ0n) is 22.6. The van der Waals surface area contributed by atoms with Crippen LogP contribution in [0.1, 0.15) is 43.3 Å². The molecule has 0 bridgehead atoms. The number of rotatable bonds is 5. The Balaban J connectivity index is 1.60. The van der Waals surface area contributed by atoms with Gasteiger partial charge in [0.1, 0.15) is 11.5 Å². The highest BCUT2D eigenvalue weighted by atomic mass is 19.4. The molecule has 1 aromatic carbocycles. The van der Waals surface area contributed by atoms with Crippen LogP contribution in [0.3, 0.4) is 0 Å². The molecule has 4 aromatic rings. The standard InChI is InChI=1S/C29H27F4N7O/c1-5-20-16-39(27-25-22(38(4)28(41)37-27)13-14-24(34-3)36-25)17(2)15-40(20)26(18-9-11-19(30)12-10-18)21-7-6-8-23(35-21)29(31,32)33/h6-14,17,20,26H,5,15-16H2,1-2,4H3/t17-,20+,26?/m0/s1. The molecular formula is C29H27F4N7O. The van der Waals surface area contributed by atoms with E-state index >= 15 is 0 Å². The lowest BCUT2D eigenvalue weighted by atomic mass is 9.95. The lowest BCUT2D eigenvalue weighted by Crippen LogP contribution is -2.59. The zero-order chi connectivity index (χ0) is 29.5. The number of aromatic nitrogens is 4. The van der Waals surface area contributed by atoms with Crippen molar-refractivity contribution in [3.63, 3.8) is 0 Å². The predicted octanol–water partition coefficient (Wildman–Crippen LogP) is 5.51. The molecule has 1 aliphatic heterocycles. The molecule has 0 amide bonds. The number of alkyl halides is 3. The summed E-state index contributed by atoms with van der Waals surface area (Å²) in [6, 6.07) is 11.6. The normalized spacial score (nSPS) is 18.8. The first-order valence-electron chi connectivity index (χ1n) is 13.1. The summed E-state index contributed by atoms with van der Waals surface area (Å²) in [6.07, 6.45) is -4.01. The van der Waals surface area contributed by atoms with Crippen LogP contribution in [0.2, 0.25) is 0 Å². The Hall–Kier alpha value is -4.37. The minimum Gasteiger partial charge on any atom is -0.361 e. The maximum Gasteiger partial charge on any atom is 0.433 e. The topological polar surface area (TPSA) is 71.5 Å². The molecule has 5 rings (SSSR count). The first kappa shape index (κ1) is 28.2. The Bertz CT molecular complexity index is 1680. The SMILES string of the molecule is [C-]#[N+]c1ccc2c(n1)c(N1C[C@@H](CC)N(C(c3ccc(F)cc3)c3cccc(C(F)(F)F)n3)C[C@@H]1C)nc(=O)n2C. The van der Waals surface area contributed by atoms with E-state index in [9.17, 15) is 22.4 Å². The van der Waals surface area contributed by atoms with Gasteiger partial charge in [0.05, 0.1) is 17.3 Å². The summed E-state index contributed by atoms with van der Waals surface area (Å²) < 4.78 is 56.1. The van der Waals surface area contributed by atoms with Crippen LogP contribution in [0.5, 0.6) is 0 Å². The van der Waals surface area contributed by atoms with Gasteiger partial charge in [-0.05, 0) is 55.3 Å². The first-order chi connectivity index (χ1) is 19.5. The lowest BCUT2D eigenvalue weighted by molar-refractivity contribution is -0.141. The molecule has 41 heavy (non-hydrogen) atoms. The van der Waals surface area contributed by atoms with E-state index in [1.54, 1.807) is 37.4 Å². The van der Waals surface area contributed by atoms with Crippen molar-refractivity contribution in [3.8, 4) is 0 Å². The summed E-state index contributed by atoms with van der Waals surface area (Å²) in [5.74, 6) is 0.0730.